The van der Waals surface area contributed by atoms with Gasteiger partial charge in [0.2, 0.25) is 0 Å². The van der Waals surface area contributed by atoms with Crippen LogP contribution >= 0.6 is 23.2 Å². The fourth-order valence-electron chi connectivity index (χ4n) is 1.36. The third kappa shape index (κ3) is 3.07. The van der Waals surface area contributed by atoms with Crippen LogP contribution < -0.4 is 5.73 Å². The predicted molar refractivity (Wildman–Crippen MR) is 63.4 cm³/mol. The third-order valence-electron chi connectivity index (χ3n) is 2.55. The molecule has 1 nitrogen and oxygen atoms in total. The van der Waals surface area contributed by atoms with E-state index in [9.17, 15) is 4.39 Å². The van der Waals surface area contributed by atoms with Crippen molar-refractivity contribution in [2.75, 3.05) is 6.54 Å². The van der Waals surface area contributed by atoms with Gasteiger partial charge < -0.3 is 5.73 Å². The van der Waals surface area contributed by atoms with Crippen molar-refractivity contribution in [1.29, 1.82) is 0 Å². The van der Waals surface area contributed by atoms with Crippen LogP contribution in [0.1, 0.15) is 18.9 Å². The average Bonchev–Trinajstić information content (AvgIpc) is 2.23. The van der Waals surface area contributed by atoms with E-state index in [4.69, 9.17) is 28.9 Å². The van der Waals surface area contributed by atoms with Crippen LogP contribution in [0.15, 0.2) is 18.2 Å². The van der Waals surface area contributed by atoms with Gasteiger partial charge in [-0.25, -0.2) is 4.39 Å². The van der Waals surface area contributed by atoms with Crippen LogP contribution in [0.2, 0.25) is 10.0 Å². The highest BCUT2D eigenvalue weighted by Crippen LogP contribution is 2.30. The van der Waals surface area contributed by atoms with Crippen molar-refractivity contribution in [3.8, 4) is 0 Å². The Kier molecular flexibility index (Phi) is 4.38. The molecule has 2 N–H and O–H groups in total. The third-order valence-corrected chi connectivity index (χ3v) is 3.26. The van der Waals surface area contributed by atoms with Crippen LogP contribution in [0, 0.1) is 0 Å². The molecule has 0 aromatic heterocycles. The summed E-state index contributed by atoms with van der Waals surface area (Å²) in [5.74, 6) is 0. The van der Waals surface area contributed by atoms with E-state index in [-0.39, 0.29) is 13.0 Å². The number of hydrogen-bond donors (Lipinski definition) is 1. The lowest BCUT2D eigenvalue weighted by Crippen LogP contribution is -2.34. The molecule has 0 amide bonds. The summed E-state index contributed by atoms with van der Waals surface area (Å²) in [7, 11) is 0. The number of halogens is 3. The van der Waals surface area contributed by atoms with E-state index in [1.165, 1.54) is 0 Å². The van der Waals surface area contributed by atoms with Gasteiger partial charge in [0.05, 0.1) is 0 Å². The van der Waals surface area contributed by atoms with Crippen molar-refractivity contribution < 1.29 is 4.39 Å². The summed E-state index contributed by atoms with van der Waals surface area (Å²) >= 11 is 11.9. The average molecular weight is 250 g/mol. The van der Waals surface area contributed by atoms with Gasteiger partial charge in [-0.2, -0.15) is 0 Å². The first-order chi connectivity index (χ1) is 7.02. The lowest BCUT2D eigenvalue weighted by molar-refractivity contribution is 0.167. The van der Waals surface area contributed by atoms with E-state index in [0.717, 1.165) is 0 Å². The molecule has 1 aromatic rings. The Morgan fingerprint density at radius 1 is 1.33 bits per heavy atom. The van der Waals surface area contributed by atoms with Gasteiger partial charge in [0.25, 0.3) is 0 Å². The van der Waals surface area contributed by atoms with E-state index in [0.29, 0.717) is 22.0 Å². The minimum atomic E-state index is -1.42. The van der Waals surface area contributed by atoms with E-state index < -0.39 is 5.67 Å². The summed E-state index contributed by atoms with van der Waals surface area (Å²) in [6, 6.07) is 5.15. The molecule has 0 saturated carbocycles. The molecule has 1 aromatic carbocycles. The van der Waals surface area contributed by atoms with Gasteiger partial charge in [-0.3, -0.25) is 0 Å². The zero-order valence-corrected chi connectivity index (χ0v) is 10.1. The Hall–Kier alpha value is -0.310. The Morgan fingerprint density at radius 3 is 2.27 bits per heavy atom. The van der Waals surface area contributed by atoms with Crippen LogP contribution in [0.5, 0.6) is 0 Å². The monoisotopic (exact) mass is 249 g/mol. The Morgan fingerprint density at radius 2 is 1.87 bits per heavy atom. The summed E-state index contributed by atoms with van der Waals surface area (Å²) in [6.45, 7) is 1.74. The molecule has 1 unspecified atom stereocenters. The molecule has 0 fully saturated rings. The summed E-state index contributed by atoms with van der Waals surface area (Å²) in [6.07, 6.45) is 0.517. The van der Waals surface area contributed by atoms with E-state index in [1.807, 2.05) is 0 Å². The maximum absolute atomic E-state index is 14.1. The number of benzene rings is 1. The number of hydrogen-bond acceptors (Lipinski definition) is 1. The smallest absolute Gasteiger partial charge is 0.127 e. The van der Waals surface area contributed by atoms with Crippen molar-refractivity contribution in [2.45, 2.75) is 25.4 Å². The SMILES string of the molecule is CCC(F)(CN)Cc1c(Cl)cccc1Cl. The molecule has 4 heteroatoms. The van der Waals surface area contributed by atoms with Crippen molar-refractivity contribution in [3.05, 3.63) is 33.8 Å². The van der Waals surface area contributed by atoms with Crippen molar-refractivity contribution >= 4 is 23.2 Å². The minimum absolute atomic E-state index is 0.0228. The van der Waals surface area contributed by atoms with E-state index in [1.54, 1.807) is 25.1 Å². The molecule has 0 radical (unpaired) electrons. The molecule has 1 atom stereocenters. The van der Waals surface area contributed by atoms with Crippen LogP contribution in [0.4, 0.5) is 4.39 Å². The van der Waals surface area contributed by atoms with Crippen LogP contribution in [-0.4, -0.2) is 12.2 Å². The van der Waals surface area contributed by atoms with Gasteiger partial charge in [-0.15, -0.1) is 0 Å². The highest BCUT2D eigenvalue weighted by molar-refractivity contribution is 6.36. The molecular formula is C11H14Cl2FN. The zero-order valence-electron chi connectivity index (χ0n) is 8.56. The predicted octanol–water partition coefficient (Wildman–Crippen LogP) is 3.61. The minimum Gasteiger partial charge on any atom is -0.328 e. The first-order valence-electron chi connectivity index (χ1n) is 4.84. The molecule has 0 spiro atoms. The maximum Gasteiger partial charge on any atom is 0.127 e. The molecule has 84 valence electrons. The Labute approximate surface area is 99.4 Å². The lowest BCUT2D eigenvalue weighted by atomic mass is 9.94. The van der Waals surface area contributed by atoms with Crippen molar-refractivity contribution in [3.63, 3.8) is 0 Å². The first-order valence-corrected chi connectivity index (χ1v) is 5.60. The molecule has 0 aliphatic rings. The Balaban J connectivity index is 2.98. The summed E-state index contributed by atoms with van der Waals surface area (Å²) in [4.78, 5) is 0. The fourth-order valence-corrected chi connectivity index (χ4v) is 1.89. The van der Waals surface area contributed by atoms with Crippen molar-refractivity contribution in [1.82, 2.24) is 0 Å². The Bertz CT molecular complexity index is 317. The number of rotatable bonds is 4. The molecule has 15 heavy (non-hydrogen) atoms. The number of alkyl halides is 1. The molecule has 0 aliphatic carbocycles. The fraction of sp³-hybridized carbons (Fsp3) is 0.455. The highest BCUT2D eigenvalue weighted by atomic mass is 35.5. The van der Waals surface area contributed by atoms with Gasteiger partial charge in [-0.05, 0) is 24.1 Å². The quantitative estimate of drug-likeness (QED) is 0.867. The van der Waals surface area contributed by atoms with Gasteiger partial charge in [0, 0.05) is 23.0 Å². The summed E-state index contributed by atoms with van der Waals surface area (Å²) in [5.41, 5.74) is 4.62. The summed E-state index contributed by atoms with van der Waals surface area (Å²) in [5, 5.41) is 0.984. The lowest BCUT2D eigenvalue weighted by Gasteiger charge is -2.22. The highest BCUT2D eigenvalue weighted by Gasteiger charge is 2.27. The second kappa shape index (κ2) is 5.15. The normalized spacial score (nSPS) is 15.0. The molecule has 0 bridgehead atoms. The van der Waals surface area contributed by atoms with Gasteiger partial charge in [0.15, 0.2) is 0 Å². The van der Waals surface area contributed by atoms with Crippen LogP contribution in [0.25, 0.3) is 0 Å². The zero-order chi connectivity index (χ0) is 11.5. The van der Waals surface area contributed by atoms with Crippen LogP contribution in [-0.2, 0) is 6.42 Å². The van der Waals surface area contributed by atoms with Gasteiger partial charge in [0.1, 0.15) is 5.67 Å². The van der Waals surface area contributed by atoms with Crippen molar-refractivity contribution in [2.24, 2.45) is 5.73 Å². The molecular weight excluding hydrogens is 236 g/mol. The topological polar surface area (TPSA) is 26.0 Å². The second-order valence-electron chi connectivity index (χ2n) is 3.59. The van der Waals surface area contributed by atoms with E-state index >= 15 is 0 Å². The second-order valence-corrected chi connectivity index (χ2v) is 4.40. The molecule has 1 rings (SSSR count). The number of nitrogens with two attached hydrogens (primary N) is 1. The molecule has 0 heterocycles. The first kappa shape index (κ1) is 12.8. The van der Waals surface area contributed by atoms with Crippen LogP contribution in [0.3, 0.4) is 0 Å². The molecule has 0 aliphatic heterocycles. The van der Waals surface area contributed by atoms with E-state index in [2.05, 4.69) is 0 Å². The van der Waals surface area contributed by atoms with Gasteiger partial charge >= 0.3 is 0 Å². The van der Waals surface area contributed by atoms with Gasteiger partial charge in [-0.1, -0.05) is 36.2 Å². The summed E-state index contributed by atoms with van der Waals surface area (Å²) < 4.78 is 14.1. The standard InChI is InChI=1S/C11H14Cl2FN/c1-2-11(14,7-15)6-8-9(12)4-3-5-10(8)13/h3-5H,2,6-7,15H2,1H3. The maximum atomic E-state index is 14.1. The largest absolute Gasteiger partial charge is 0.328 e. The molecule has 0 saturated heterocycles.